The Bertz CT molecular complexity index is 379. The first-order valence-corrected chi connectivity index (χ1v) is 7.28. The molecule has 1 fully saturated rings. The predicted octanol–water partition coefficient (Wildman–Crippen LogP) is 4.12. The predicted molar refractivity (Wildman–Crippen MR) is 79.0 cm³/mol. The molecule has 2 rings (SSSR count). The minimum atomic E-state index is 0.453. The molecular weight excluding hydrogens is 218 g/mol. The van der Waals surface area contributed by atoms with Gasteiger partial charge in [-0.3, -0.25) is 0 Å². The van der Waals surface area contributed by atoms with Crippen molar-refractivity contribution in [3.63, 3.8) is 0 Å². The number of nitrogens with one attached hydrogen (secondary N) is 1. The van der Waals surface area contributed by atoms with Crippen molar-refractivity contribution in [2.45, 2.75) is 46.5 Å². The summed E-state index contributed by atoms with van der Waals surface area (Å²) in [6, 6.07) is 9.15. The summed E-state index contributed by atoms with van der Waals surface area (Å²) >= 11 is 0. The van der Waals surface area contributed by atoms with Crippen molar-refractivity contribution in [2.75, 3.05) is 13.1 Å². The molecule has 1 aliphatic rings. The molecule has 0 bridgehead atoms. The number of piperidine rings is 1. The van der Waals surface area contributed by atoms with Crippen LogP contribution < -0.4 is 5.32 Å². The minimum Gasteiger partial charge on any atom is -0.316 e. The maximum atomic E-state index is 3.58. The SMILES string of the molecule is Cc1ccc(C2CNCCC2(C)CC(C)C)cc1. The lowest BCUT2D eigenvalue weighted by Gasteiger charge is -2.43. The molecule has 0 saturated carbocycles. The molecule has 1 aliphatic heterocycles. The van der Waals surface area contributed by atoms with Crippen LogP contribution >= 0.6 is 0 Å². The van der Waals surface area contributed by atoms with Crippen LogP contribution in [-0.4, -0.2) is 13.1 Å². The summed E-state index contributed by atoms with van der Waals surface area (Å²) in [4.78, 5) is 0. The van der Waals surface area contributed by atoms with Crippen LogP contribution in [0.25, 0.3) is 0 Å². The first-order valence-electron chi connectivity index (χ1n) is 7.28. The molecule has 1 aromatic rings. The molecule has 1 heteroatoms. The molecule has 0 aliphatic carbocycles. The van der Waals surface area contributed by atoms with Crippen LogP contribution in [-0.2, 0) is 0 Å². The van der Waals surface area contributed by atoms with Crippen LogP contribution in [0.15, 0.2) is 24.3 Å². The van der Waals surface area contributed by atoms with Gasteiger partial charge in [0.2, 0.25) is 0 Å². The van der Waals surface area contributed by atoms with E-state index >= 15 is 0 Å². The number of hydrogen-bond acceptors (Lipinski definition) is 1. The summed E-state index contributed by atoms with van der Waals surface area (Å²) in [6.45, 7) is 11.6. The quantitative estimate of drug-likeness (QED) is 0.844. The van der Waals surface area contributed by atoms with Crippen molar-refractivity contribution in [3.05, 3.63) is 35.4 Å². The third kappa shape index (κ3) is 2.95. The largest absolute Gasteiger partial charge is 0.316 e. The molecular formula is C17H27N. The van der Waals surface area contributed by atoms with Crippen molar-refractivity contribution in [2.24, 2.45) is 11.3 Å². The smallest absolute Gasteiger partial charge is 0.00254 e. The molecule has 0 radical (unpaired) electrons. The molecule has 2 atom stereocenters. The average Bonchev–Trinajstić information content (AvgIpc) is 2.29. The Kier molecular flexibility index (Phi) is 4.11. The highest BCUT2D eigenvalue weighted by atomic mass is 14.9. The number of aryl methyl sites for hydroxylation is 1. The van der Waals surface area contributed by atoms with Gasteiger partial charge in [0.15, 0.2) is 0 Å². The summed E-state index contributed by atoms with van der Waals surface area (Å²) in [7, 11) is 0. The monoisotopic (exact) mass is 245 g/mol. The normalized spacial score (nSPS) is 28.6. The van der Waals surface area contributed by atoms with E-state index in [0.29, 0.717) is 11.3 Å². The third-order valence-corrected chi connectivity index (χ3v) is 4.42. The molecule has 18 heavy (non-hydrogen) atoms. The molecule has 1 heterocycles. The van der Waals surface area contributed by atoms with Gasteiger partial charge in [-0.1, -0.05) is 50.6 Å². The Morgan fingerprint density at radius 3 is 2.56 bits per heavy atom. The molecule has 0 aromatic heterocycles. The second-order valence-corrected chi connectivity index (χ2v) is 6.67. The summed E-state index contributed by atoms with van der Waals surface area (Å²) in [5.41, 5.74) is 3.32. The zero-order chi connectivity index (χ0) is 13.2. The van der Waals surface area contributed by atoms with Gasteiger partial charge in [-0.15, -0.1) is 0 Å². The van der Waals surface area contributed by atoms with E-state index in [-0.39, 0.29) is 0 Å². The highest BCUT2D eigenvalue weighted by Gasteiger charge is 2.37. The number of benzene rings is 1. The Labute approximate surface area is 112 Å². The van der Waals surface area contributed by atoms with Crippen molar-refractivity contribution in [1.82, 2.24) is 5.32 Å². The molecule has 2 unspecified atom stereocenters. The van der Waals surface area contributed by atoms with Crippen molar-refractivity contribution in [1.29, 1.82) is 0 Å². The molecule has 1 aromatic carbocycles. The van der Waals surface area contributed by atoms with Gasteiger partial charge in [-0.25, -0.2) is 0 Å². The third-order valence-electron chi connectivity index (χ3n) is 4.42. The van der Waals surface area contributed by atoms with Crippen LogP contribution in [0.2, 0.25) is 0 Å². The van der Waals surface area contributed by atoms with E-state index in [9.17, 15) is 0 Å². The zero-order valence-electron chi connectivity index (χ0n) is 12.3. The van der Waals surface area contributed by atoms with E-state index in [1.165, 1.54) is 30.5 Å². The summed E-state index contributed by atoms with van der Waals surface area (Å²) in [5.74, 6) is 1.44. The van der Waals surface area contributed by atoms with Crippen molar-refractivity contribution >= 4 is 0 Å². The van der Waals surface area contributed by atoms with Crippen LogP contribution in [0.1, 0.15) is 50.7 Å². The van der Waals surface area contributed by atoms with Crippen molar-refractivity contribution in [3.8, 4) is 0 Å². The van der Waals surface area contributed by atoms with Crippen molar-refractivity contribution < 1.29 is 0 Å². The van der Waals surface area contributed by atoms with Gasteiger partial charge in [0.1, 0.15) is 0 Å². The topological polar surface area (TPSA) is 12.0 Å². The molecule has 1 N–H and O–H groups in total. The van der Waals surface area contributed by atoms with Crippen LogP contribution in [0.4, 0.5) is 0 Å². The van der Waals surface area contributed by atoms with Gasteiger partial charge >= 0.3 is 0 Å². The average molecular weight is 245 g/mol. The maximum Gasteiger partial charge on any atom is 0.00254 e. The minimum absolute atomic E-state index is 0.453. The lowest BCUT2D eigenvalue weighted by molar-refractivity contribution is 0.151. The zero-order valence-corrected chi connectivity index (χ0v) is 12.3. The molecule has 0 spiro atoms. The van der Waals surface area contributed by atoms with Gasteiger partial charge in [0.25, 0.3) is 0 Å². The van der Waals surface area contributed by atoms with E-state index in [1.807, 2.05) is 0 Å². The molecule has 0 amide bonds. The number of rotatable bonds is 3. The summed E-state index contributed by atoms with van der Waals surface area (Å²) in [6.07, 6.45) is 2.62. The molecule has 1 saturated heterocycles. The van der Waals surface area contributed by atoms with E-state index in [2.05, 4.69) is 57.3 Å². The van der Waals surface area contributed by atoms with Crippen LogP contribution in [0.5, 0.6) is 0 Å². The fraction of sp³-hybridized carbons (Fsp3) is 0.647. The van der Waals surface area contributed by atoms with Gasteiger partial charge in [-0.05, 0) is 43.2 Å². The highest BCUT2D eigenvalue weighted by molar-refractivity contribution is 5.27. The Morgan fingerprint density at radius 1 is 1.28 bits per heavy atom. The molecule has 1 nitrogen and oxygen atoms in total. The first-order chi connectivity index (χ1) is 8.51. The summed E-state index contributed by atoms with van der Waals surface area (Å²) < 4.78 is 0. The Morgan fingerprint density at radius 2 is 1.94 bits per heavy atom. The second kappa shape index (κ2) is 5.44. The van der Waals surface area contributed by atoms with E-state index in [1.54, 1.807) is 0 Å². The van der Waals surface area contributed by atoms with E-state index < -0.39 is 0 Å². The lowest BCUT2D eigenvalue weighted by Crippen LogP contribution is -2.42. The Balaban J connectivity index is 2.24. The first kappa shape index (κ1) is 13.6. The maximum absolute atomic E-state index is 3.58. The van der Waals surface area contributed by atoms with Crippen LogP contribution in [0, 0.1) is 18.3 Å². The summed E-state index contributed by atoms with van der Waals surface area (Å²) in [5, 5.41) is 3.58. The lowest BCUT2D eigenvalue weighted by atomic mass is 9.65. The fourth-order valence-corrected chi connectivity index (χ4v) is 3.54. The van der Waals surface area contributed by atoms with E-state index in [0.717, 1.165) is 12.5 Å². The van der Waals surface area contributed by atoms with Gasteiger partial charge < -0.3 is 5.32 Å². The highest BCUT2D eigenvalue weighted by Crippen LogP contribution is 2.45. The standard InChI is InChI=1S/C17H27N/c1-13(2)11-17(4)9-10-18-12-16(17)15-7-5-14(3)6-8-15/h5-8,13,16,18H,9-12H2,1-4H3. The van der Waals surface area contributed by atoms with E-state index in [4.69, 9.17) is 0 Å². The Hall–Kier alpha value is -0.820. The number of hydrogen-bond donors (Lipinski definition) is 1. The fourth-order valence-electron chi connectivity index (χ4n) is 3.54. The van der Waals surface area contributed by atoms with Gasteiger partial charge in [0, 0.05) is 12.5 Å². The van der Waals surface area contributed by atoms with Gasteiger partial charge in [0.05, 0.1) is 0 Å². The molecule has 100 valence electrons. The second-order valence-electron chi connectivity index (χ2n) is 6.67. The van der Waals surface area contributed by atoms with Gasteiger partial charge in [-0.2, -0.15) is 0 Å². The van der Waals surface area contributed by atoms with Crippen LogP contribution in [0.3, 0.4) is 0 Å².